The summed E-state index contributed by atoms with van der Waals surface area (Å²) in [4.78, 5) is 8.48. The number of benzene rings is 1. The van der Waals surface area contributed by atoms with Crippen LogP contribution in [-0.2, 0) is 16.6 Å². The monoisotopic (exact) mass is 519 g/mol. The molecule has 1 aromatic heterocycles. The third kappa shape index (κ3) is 7.60. The van der Waals surface area contributed by atoms with Gasteiger partial charge in [0.2, 0.25) is 10.0 Å². The van der Waals surface area contributed by atoms with E-state index in [-0.39, 0.29) is 35.4 Å². The number of nitrogens with zero attached hydrogens (tertiary/aromatic N) is 2. The summed E-state index contributed by atoms with van der Waals surface area (Å²) >= 11 is 0. The van der Waals surface area contributed by atoms with Crippen molar-refractivity contribution in [3.63, 3.8) is 0 Å². The zero-order valence-corrected chi connectivity index (χ0v) is 19.0. The van der Waals surface area contributed by atoms with Crippen LogP contribution in [0.1, 0.15) is 12.5 Å². The van der Waals surface area contributed by atoms with E-state index in [1.165, 1.54) is 18.5 Å². The van der Waals surface area contributed by atoms with E-state index in [0.717, 1.165) is 11.3 Å². The first-order valence-electron chi connectivity index (χ1n) is 8.60. The van der Waals surface area contributed by atoms with Gasteiger partial charge >= 0.3 is 0 Å². The molecule has 28 heavy (non-hydrogen) atoms. The number of aromatic nitrogens is 1. The summed E-state index contributed by atoms with van der Waals surface area (Å²) < 4.78 is 32.1. The van der Waals surface area contributed by atoms with E-state index < -0.39 is 10.0 Å². The van der Waals surface area contributed by atoms with E-state index in [0.29, 0.717) is 25.6 Å². The van der Waals surface area contributed by atoms with Crippen LogP contribution >= 0.6 is 24.0 Å². The largest absolute Gasteiger partial charge is 0.496 e. The van der Waals surface area contributed by atoms with Gasteiger partial charge in [-0.1, -0.05) is 18.2 Å². The number of guanidine groups is 1. The lowest BCUT2D eigenvalue weighted by atomic mass is 10.2. The Labute approximate surface area is 183 Å². The first kappa shape index (κ1) is 24.1. The first-order valence-corrected chi connectivity index (χ1v) is 10.1. The molecule has 0 aliphatic carbocycles. The number of rotatable bonds is 9. The minimum absolute atomic E-state index is 0. The third-order valence-electron chi connectivity index (χ3n) is 3.60. The molecule has 0 amide bonds. The number of para-hydroxylation sites is 1. The van der Waals surface area contributed by atoms with Gasteiger partial charge < -0.3 is 15.4 Å². The van der Waals surface area contributed by atoms with Gasteiger partial charge in [-0.3, -0.25) is 4.98 Å². The Morgan fingerprint density at radius 3 is 2.61 bits per heavy atom. The van der Waals surface area contributed by atoms with Crippen molar-refractivity contribution >= 4 is 40.0 Å². The second-order valence-electron chi connectivity index (χ2n) is 5.52. The number of hydrogen-bond acceptors (Lipinski definition) is 5. The highest BCUT2D eigenvalue weighted by molar-refractivity contribution is 14.0. The van der Waals surface area contributed by atoms with Crippen molar-refractivity contribution in [3.05, 3.63) is 54.4 Å². The average molecular weight is 519 g/mol. The molecular weight excluding hydrogens is 493 g/mol. The predicted octanol–water partition coefficient (Wildman–Crippen LogP) is 1.74. The molecule has 10 heteroatoms. The van der Waals surface area contributed by atoms with Gasteiger partial charge in [-0.15, -0.1) is 24.0 Å². The van der Waals surface area contributed by atoms with Gasteiger partial charge in [0, 0.05) is 37.6 Å². The lowest BCUT2D eigenvalue weighted by Gasteiger charge is -2.12. The fraction of sp³-hybridized carbons (Fsp3) is 0.333. The summed E-state index contributed by atoms with van der Waals surface area (Å²) in [6.07, 6.45) is 2.84. The zero-order chi connectivity index (χ0) is 19.5. The van der Waals surface area contributed by atoms with Crippen LogP contribution in [0.3, 0.4) is 0 Å². The van der Waals surface area contributed by atoms with E-state index >= 15 is 0 Å². The molecule has 0 fully saturated rings. The molecule has 0 spiro atoms. The maximum atomic E-state index is 12.1. The van der Waals surface area contributed by atoms with Crippen molar-refractivity contribution < 1.29 is 13.2 Å². The van der Waals surface area contributed by atoms with Crippen LogP contribution in [-0.4, -0.2) is 46.1 Å². The molecule has 1 heterocycles. The molecule has 0 saturated heterocycles. The van der Waals surface area contributed by atoms with Gasteiger partial charge in [0.25, 0.3) is 0 Å². The van der Waals surface area contributed by atoms with Crippen molar-refractivity contribution in [1.29, 1.82) is 0 Å². The molecule has 0 aliphatic heterocycles. The fourth-order valence-electron chi connectivity index (χ4n) is 2.30. The molecule has 0 unspecified atom stereocenters. The zero-order valence-electron chi connectivity index (χ0n) is 15.9. The topological polar surface area (TPSA) is 105 Å². The molecule has 154 valence electrons. The molecule has 0 radical (unpaired) electrons. The Bertz CT molecular complexity index is 847. The van der Waals surface area contributed by atoms with Crippen LogP contribution in [0, 0.1) is 0 Å². The number of hydrogen-bond donors (Lipinski definition) is 3. The normalized spacial score (nSPS) is 11.4. The maximum Gasteiger partial charge on any atom is 0.242 e. The molecular formula is C18H26IN5O3S. The van der Waals surface area contributed by atoms with E-state index in [9.17, 15) is 8.42 Å². The number of methoxy groups -OCH3 is 1. The van der Waals surface area contributed by atoms with E-state index in [4.69, 9.17) is 4.74 Å². The maximum absolute atomic E-state index is 12.1. The third-order valence-corrected chi connectivity index (χ3v) is 5.04. The summed E-state index contributed by atoms with van der Waals surface area (Å²) in [5.41, 5.74) is 0.967. The van der Waals surface area contributed by atoms with E-state index in [1.54, 1.807) is 13.2 Å². The Morgan fingerprint density at radius 2 is 1.93 bits per heavy atom. The Hall–Kier alpha value is -1.92. The smallest absolute Gasteiger partial charge is 0.242 e. The standard InChI is InChI=1S/C18H25N5O3S.HI/c1-3-20-18(22-13-15-7-4-5-9-17(15)26-2)21-11-12-23-27(24,25)16-8-6-10-19-14-16;/h4-10,14,23H,3,11-13H2,1-2H3,(H2,20,21,22);1H. The molecule has 0 bridgehead atoms. The Kier molecular flexibility index (Phi) is 10.8. The van der Waals surface area contributed by atoms with E-state index in [1.807, 2.05) is 31.2 Å². The van der Waals surface area contributed by atoms with Crippen molar-refractivity contribution in [2.75, 3.05) is 26.7 Å². The number of sulfonamides is 1. The summed E-state index contributed by atoms with van der Waals surface area (Å²) in [5.74, 6) is 1.38. The second-order valence-corrected chi connectivity index (χ2v) is 7.29. The molecule has 2 aromatic rings. The number of halogens is 1. The molecule has 0 atom stereocenters. The summed E-state index contributed by atoms with van der Waals surface area (Å²) in [7, 11) is -1.94. The molecule has 1 aromatic carbocycles. The highest BCUT2D eigenvalue weighted by atomic mass is 127. The number of nitrogens with one attached hydrogen (secondary N) is 3. The lowest BCUT2D eigenvalue weighted by Crippen LogP contribution is -2.41. The Balaban J connectivity index is 0.00000392. The molecule has 2 rings (SSSR count). The SMILES string of the molecule is CCNC(=NCc1ccccc1OC)NCCNS(=O)(=O)c1cccnc1.I. The van der Waals surface area contributed by atoms with Crippen molar-refractivity contribution in [1.82, 2.24) is 20.3 Å². The van der Waals surface area contributed by atoms with Gasteiger partial charge in [-0.2, -0.15) is 0 Å². The number of pyridine rings is 1. The van der Waals surface area contributed by atoms with Crippen LogP contribution in [0.4, 0.5) is 0 Å². The number of aliphatic imine (C=N–C) groups is 1. The Morgan fingerprint density at radius 1 is 1.14 bits per heavy atom. The second kappa shape index (κ2) is 12.5. The van der Waals surface area contributed by atoms with Crippen LogP contribution in [0.5, 0.6) is 5.75 Å². The lowest BCUT2D eigenvalue weighted by molar-refractivity contribution is 0.410. The number of ether oxygens (including phenoxy) is 1. The molecule has 3 N–H and O–H groups in total. The predicted molar refractivity (Wildman–Crippen MR) is 121 cm³/mol. The van der Waals surface area contributed by atoms with Crippen molar-refractivity contribution in [3.8, 4) is 5.75 Å². The minimum atomic E-state index is -3.56. The summed E-state index contributed by atoms with van der Waals surface area (Å²) in [6.45, 7) is 3.71. The minimum Gasteiger partial charge on any atom is -0.496 e. The molecule has 8 nitrogen and oxygen atoms in total. The van der Waals surface area contributed by atoms with E-state index in [2.05, 4.69) is 25.3 Å². The van der Waals surface area contributed by atoms with Crippen LogP contribution in [0.25, 0.3) is 0 Å². The van der Waals surface area contributed by atoms with Crippen molar-refractivity contribution in [2.45, 2.75) is 18.4 Å². The van der Waals surface area contributed by atoms with Gasteiger partial charge in [-0.25, -0.2) is 18.1 Å². The quantitative estimate of drug-likeness (QED) is 0.202. The average Bonchev–Trinajstić information content (AvgIpc) is 2.70. The first-order chi connectivity index (χ1) is 13.1. The van der Waals surface area contributed by atoms with Crippen LogP contribution < -0.4 is 20.1 Å². The van der Waals surface area contributed by atoms with Gasteiger partial charge in [0.1, 0.15) is 10.6 Å². The van der Waals surface area contributed by atoms with Gasteiger partial charge in [-0.05, 0) is 25.1 Å². The van der Waals surface area contributed by atoms with Gasteiger partial charge in [0.05, 0.1) is 13.7 Å². The molecule has 0 aliphatic rings. The summed E-state index contributed by atoms with van der Waals surface area (Å²) in [5, 5.41) is 6.24. The highest BCUT2D eigenvalue weighted by Crippen LogP contribution is 2.17. The fourth-order valence-corrected chi connectivity index (χ4v) is 3.29. The summed E-state index contributed by atoms with van der Waals surface area (Å²) in [6, 6.07) is 10.8. The van der Waals surface area contributed by atoms with Crippen LogP contribution in [0.2, 0.25) is 0 Å². The molecule has 0 saturated carbocycles. The van der Waals surface area contributed by atoms with Gasteiger partial charge in [0.15, 0.2) is 5.96 Å². The van der Waals surface area contributed by atoms with Crippen molar-refractivity contribution in [2.24, 2.45) is 4.99 Å². The van der Waals surface area contributed by atoms with Crippen LogP contribution in [0.15, 0.2) is 58.7 Å². The highest BCUT2D eigenvalue weighted by Gasteiger charge is 2.12.